The van der Waals surface area contributed by atoms with Crippen molar-refractivity contribution in [2.45, 2.75) is 57.4 Å². The molecule has 29 heavy (non-hydrogen) atoms. The Morgan fingerprint density at radius 3 is 2.31 bits per heavy atom. The van der Waals surface area contributed by atoms with Crippen LogP contribution in [-0.4, -0.2) is 36.9 Å². The molecule has 0 unspecified atom stereocenters. The van der Waals surface area contributed by atoms with Gasteiger partial charge in [-0.15, -0.1) is 0 Å². The van der Waals surface area contributed by atoms with Gasteiger partial charge >= 0.3 is 0 Å². The maximum Gasteiger partial charge on any atom is 0.234 e. The van der Waals surface area contributed by atoms with Crippen molar-refractivity contribution < 1.29 is 9.53 Å². The van der Waals surface area contributed by atoms with Crippen LogP contribution >= 0.6 is 0 Å². The SMILES string of the molecule is O=[C]c1ccccc1-c1ccccc1OCCC1CCN(C2CCCCC2)CC1. The summed E-state index contributed by atoms with van der Waals surface area (Å²) in [4.78, 5) is 14.1. The van der Waals surface area contributed by atoms with Crippen molar-refractivity contribution in [1.82, 2.24) is 4.90 Å². The number of nitrogens with zero attached hydrogens (tertiary/aromatic N) is 1. The lowest BCUT2D eigenvalue weighted by atomic mass is 9.89. The third-order valence-corrected chi connectivity index (χ3v) is 6.74. The molecule has 3 heteroatoms. The average Bonchev–Trinajstić information content (AvgIpc) is 2.80. The van der Waals surface area contributed by atoms with E-state index >= 15 is 0 Å². The summed E-state index contributed by atoms with van der Waals surface area (Å²) < 4.78 is 6.19. The van der Waals surface area contributed by atoms with Gasteiger partial charge in [0.1, 0.15) is 5.75 Å². The first-order valence-corrected chi connectivity index (χ1v) is 11.3. The van der Waals surface area contributed by atoms with Crippen LogP contribution in [0.4, 0.5) is 0 Å². The molecule has 0 aromatic heterocycles. The van der Waals surface area contributed by atoms with E-state index in [1.54, 1.807) is 6.07 Å². The van der Waals surface area contributed by atoms with Gasteiger partial charge in [-0.05, 0) is 62.7 Å². The molecule has 0 spiro atoms. The summed E-state index contributed by atoms with van der Waals surface area (Å²) in [5, 5.41) is 0. The molecular formula is C26H32NO2. The summed E-state index contributed by atoms with van der Waals surface area (Å²) in [6.45, 7) is 3.25. The van der Waals surface area contributed by atoms with Crippen molar-refractivity contribution in [3.63, 3.8) is 0 Å². The van der Waals surface area contributed by atoms with Crippen LogP contribution in [0, 0.1) is 5.92 Å². The number of hydrogen-bond acceptors (Lipinski definition) is 3. The van der Waals surface area contributed by atoms with Crippen molar-refractivity contribution in [3.05, 3.63) is 54.1 Å². The summed E-state index contributed by atoms with van der Waals surface area (Å²) in [5.41, 5.74) is 2.44. The van der Waals surface area contributed by atoms with Crippen LogP contribution in [0.3, 0.4) is 0 Å². The van der Waals surface area contributed by atoms with Gasteiger partial charge < -0.3 is 9.64 Å². The summed E-state index contributed by atoms with van der Waals surface area (Å²) >= 11 is 0. The molecule has 1 saturated heterocycles. The molecule has 1 aliphatic heterocycles. The lowest BCUT2D eigenvalue weighted by Crippen LogP contribution is -2.42. The highest BCUT2D eigenvalue weighted by molar-refractivity contribution is 5.89. The van der Waals surface area contributed by atoms with Gasteiger partial charge in [0.05, 0.1) is 6.61 Å². The summed E-state index contributed by atoms with van der Waals surface area (Å²) in [6.07, 6.45) is 12.8. The molecule has 1 radical (unpaired) electrons. The Morgan fingerprint density at radius 1 is 0.862 bits per heavy atom. The lowest BCUT2D eigenvalue weighted by molar-refractivity contribution is 0.0991. The number of piperidine rings is 1. The number of hydrogen-bond donors (Lipinski definition) is 0. The first-order chi connectivity index (χ1) is 14.3. The third-order valence-electron chi connectivity index (χ3n) is 6.74. The Morgan fingerprint density at radius 2 is 1.55 bits per heavy atom. The second-order valence-corrected chi connectivity index (χ2v) is 8.55. The maximum atomic E-state index is 11.3. The van der Waals surface area contributed by atoms with Crippen LogP contribution in [0.25, 0.3) is 11.1 Å². The Kier molecular flexibility index (Phi) is 7.00. The van der Waals surface area contributed by atoms with E-state index in [2.05, 4.69) is 4.90 Å². The molecule has 2 aliphatic rings. The number of benzene rings is 2. The fourth-order valence-electron chi connectivity index (χ4n) is 5.01. The van der Waals surface area contributed by atoms with Crippen molar-refractivity contribution in [2.75, 3.05) is 19.7 Å². The highest BCUT2D eigenvalue weighted by Crippen LogP contribution is 2.33. The zero-order valence-corrected chi connectivity index (χ0v) is 17.3. The van der Waals surface area contributed by atoms with E-state index in [-0.39, 0.29) is 0 Å². The van der Waals surface area contributed by atoms with E-state index in [1.807, 2.05) is 48.8 Å². The number of para-hydroxylation sites is 1. The molecule has 1 heterocycles. The minimum Gasteiger partial charge on any atom is -0.493 e. The van der Waals surface area contributed by atoms with Crippen LogP contribution in [-0.2, 0) is 4.79 Å². The number of likely N-dealkylation sites (tertiary alicyclic amines) is 1. The largest absolute Gasteiger partial charge is 0.493 e. The van der Waals surface area contributed by atoms with Gasteiger partial charge in [0.15, 0.2) is 0 Å². The number of carbonyl (C=O) groups excluding carboxylic acids is 1. The van der Waals surface area contributed by atoms with Gasteiger partial charge in [0, 0.05) is 17.2 Å². The topological polar surface area (TPSA) is 29.5 Å². The van der Waals surface area contributed by atoms with E-state index in [9.17, 15) is 4.79 Å². The maximum absolute atomic E-state index is 11.3. The predicted octanol–water partition coefficient (Wildman–Crippen LogP) is 5.63. The molecule has 1 aliphatic carbocycles. The Labute approximate surface area is 175 Å². The van der Waals surface area contributed by atoms with Crippen molar-refractivity contribution in [2.24, 2.45) is 5.92 Å². The van der Waals surface area contributed by atoms with Crippen LogP contribution in [0.15, 0.2) is 48.5 Å². The molecule has 4 rings (SSSR count). The average molecular weight is 391 g/mol. The molecule has 3 nitrogen and oxygen atoms in total. The van der Waals surface area contributed by atoms with E-state index in [4.69, 9.17) is 4.74 Å². The Balaban J connectivity index is 1.30. The van der Waals surface area contributed by atoms with Crippen LogP contribution < -0.4 is 4.74 Å². The molecule has 0 bridgehead atoms. The highest BCUT2D eigenvalue weighted by Gasteiger charge is 2.26. The quantitative estimate of drug-likeness (QED) is 0.614. The van der Waals surface area contributed by atoms with Crippen LogP contribution in [0.5, 0.6) is 5.75 Å². The van der Waals surface area contributed by atoms with Gasteiger partial charge in [-0.25, -0.2) is 0 Å². The van der Waals surface area contributed by atoms with Gasteiger partial charge in [-0.1, -0.05) is 61.7 Å². The second kappa shape index (κ2) is 10.1. The lowest BCUT2D eigenvalue weighted by Gasteiger charge is -2.39. The van der Waals surface area contributed by atoms with Gasteiger partial charge in [0.2, 0.25) is 6.29 Å². The monoisotopic (exact) mass is 390 g/mol. The van der Waals surface area contributed by atoms with E-state index in [1.165, 1.54) is 58.0 Å². The Hall–Kier alpha value is -2.13. The zero-order valence-electron chi connectivity index (χ0n) is 17.3. The fraction of sp³-hybridized carbons (Fsp3) is 0.500. The standard InChI is InChI=1S/C26H32NO2/c28-20-22-8-4-5-11-24(22)25-12-6-7-13-26(25)29-19-16-21-14-17-27(18-15-21)23-9-2-1-3-10-23/h4-8,11-13,21,23H,1-3,9-10,14-19H2. The van der Waals surface area contributed by atoms with Crippen LogP contribution in [0.1, 0.15) is 56.9 Å². The smallest absolute Gasteiger partial charge is 0.234 e. The van der Waals surface area contributed by atoms with E-state index in [0.29, 0.717) is 5.56 Å². The Bertz CT molecular complexity index is 789. The fourth-order valence-corrected chi connectivity index (χ4v) is 5.01. The second-order valence-electron chi connectivity index (χ2n) is 8.55. The first-order valence-electron chi connectivity index (χ1n) is 11.3. The molecule has 2 aromatic carbocycles. The number of rotatable bonds is 7. The van der Waals surface area contributed by atoms with Gasteiger partial charge in [-0.2, -0.15) is 0 Å². The molecule has 1 saturated carbocycles. The minimum atomic E-state index is 0.582. The van der Waals surface area contributed by atoms with Crippen molar-refractivity contribution in [3.8, 4) is 16.9 Å². The van der Waals surface area contributed by atoms with Crippen LogP contribution in [0.2, 0.25) is 0 Å². The summed E-state index contributed by atoms with van der Waals surface area (Å²) in [7, 11) is 0. The molecule has 0 atom stereocenters. The zero-order chi connectivity index (χ0) is 19.9. The van der Waals surface area contributed by atoms with Crippen molar-refractivity contribution in [1.29, 1.82) is 0 Å². The minimum absolute atomic E-state index is 0.582. The first kappa shape index (κ1) is 20.2. The van der Waals surface area contributed by atoms with Gasteiger partial charge in [-0.3, -0.25) is 4.79 Å². The molecule has 153 valence electrons. The molecule has 0 N–H and O–H groups in total. The molecule has 2 aromatic rings. The molecular weight excluding hydrogens is 358 g/mol. The number of ether oxygens (including phenoxy) is 1. The normalized spacial score (nSPS) is 19.2. The third kappa shape index (κ3) is 5.08. The highest BCUT2D eigenvalue weighted by atomic mass is 16.5. The molecule has 0 amide bonds. The van der Waals surface area contributed by atoms with E-state index in [0.717, 1.165) is 41.9 Å². The van der Waals surface area contributed by atoms with Gasteiger partial charge in [0.25, 0.3) is 0 Å². The van der Waals surface area contributed by atoms with Crippen molar-refractivity contribution >= 4 is 6.29 Å². The van der Waals surface area contributed by atoms with E-state index < -0.39 is 0 Å². The summed E-state index contributed by atoms with van der Waals surface area (Å²) in [6, 6.07) is 16.4. The predicted molar refractivity (Wildman–Crippen MR) is 118 cm³/mol. The summed E-state index contributed by atoms with van der Waals surface area (Å²) in [5.74, 6) is 1.62. The molecule has 2 fully saturated rings.